The maximum atomic E-state index is 13.6. The summed E-state index contributed by atoms with van der Waals surface area (Å²) in [4.78, 5) is 20.1. The SMILES string of the molecule is N#Cc1cc([N+](=O)[O-])cc(Cl)c1/N=C/c1cncc(F)c1N=[N+]=[N-]. The molecular weight excluding hydrogens is 341 g/mol. The second-order valence-corrected chi connectivity index (χ2v) is 4.61. The molecule has 0 aliphatic carbocycles. The van der Waals surface area contributed by atoms with Gasteiger partial charge >= 0.3 is 0 Å². The van der Waals surface area contributed by atoms with Gasteiger partial charge in [-0.3, -0.25) is 20.1 Å². The quantitative estimate of drug-likeness (QED) is 0.203. The van der Waals surface area contributed by atoms with Gasteiger partial charge in [0.05, 0.1) is 33.1 Å². The van der Waals surface area contributed by atoms with Gasteiger partial charge in [0.1, 0.15) is 6.07 Å². The van der Waals surface area contributed by atoms with Crippen LogP contribution in [-0.2, 0) is 0 Å². The first-order valence-electron chi connectivity index (χ1n) is 6.08. The van der Waals surface area contributed by atoms with Gasteiger partial charge in [-0.25, -0.2) is 4.39 Å². The predicted molar refractivity (Wildman–Crippen MR) is 83.1 cm³/mol. The Bertz CT molecular complexity index is 948. The fourth-order valence-corrected chi connectivity index (χ4v) is 1.99. The van der Waals surface area contributed by atoms with Crippen molar-refractivity contribution in [2.75, 3.05) is 0 Å². The van der Waals surface area contributed by atoms with Crippen molar-refractivity contribution in [2.45, 2.75) is 0 Å². The van der Waals surface area contributed by atoms with E-state index >= 15 is 0 Å². The van der Waals surface area contributed by atoms with Gasteiger partial charge in [-0.05, 0) is 5.53 Å². The van der Waals surface area contributed by atoms with E-state index in [4.69, 9.17) is 22.4 Å². The summed E-state index contributed by atoms with van der Waals surface area (Å²) in [6.45, 7) is 0. The molecule has 2 aromatic rings. The number of aliphatic imine (C=N–C) groups is 1. The second-order valence-electron chi connectivity index (χ2n) is 4.20. The standard InChI is InChI=1S/C13H5ClFN7O2/c14-10-2-9(22(23)24)1-7(3-16)12(10)19-5-8-4-18-6-11(15)13(8)20-21-17/h1-2,4-6H/b19-5+. The van der Waals surface area contributed by atoms with Gasteiger partial charge in [-0.1, -0.05) is 16.7 Å². The number of pyridine rings is 1. The Labute approximate surface area is 138 Å². The van der Waals surface area contributed by atoms with Crippen LogP contribution in [0.5, 0.6) is 0 Å². The molecule has 24 heavy (non-hydrogen) atoms. The third-order valence-electron chi connectivity index (χ3n) is 2.76. The minimum Gasteiger partial charge on any atom is -0.261 e. The van der Waals surface area contributed by atoms with Crippen molar-refractivity contribution in [3.05, 3.63) is 67.1 Å². The highest BCUT2D eigenvalue weighted by molar-refractivity contribution is 6.33. The van der Waals surface area contributed by atoms with Crippen LogP contribution < -0.4 is 0 Å². The molecule has 118 valence electrons. The van der Waals surface area contributed by atoms with E-state index in [1.54, 1.807) is 6.07 Å². The van der Waals surface area contributed by atoms with Crippen molar-refractivity contribution in [2.24, 2.45) is 10.1 Å². The molecule has 11 heteroatoms. The number of halogens is 2. The summed E-state index contributed by atoms with van der Waals surface area (Å²) < 4.78 is 13.6. The maximum absolute atomic E-state index is 13.6. The molecule has 1 aromatic carbocycles. The van der Waals surface area contributed by atoms with Gasteiger partial charge in [0.2, 0.25) is 0 Å². The van der Waals surface area contributed by atoms with E-state index in [-0.39, 0.29) is 33.2 Å². The van der Waals surface area contributed by atoms with Crippen LogP contribution in [0.1, 0.15) is 11.1 Å². The largest absolute Gasteiger partial charge is 0.272 e. The first kappa shape index (κ1) is 16.8. The lowest BCUT2D eigenvalue weighted by Gasteiger charge is -2.03. The zero-order valence-corrected chi connectivity index (χ0v) is 12.3. The number of aromatic nitrogens is 1. The average Bonchev–Trinajstić information content (AvgIpc) is 2.55. The molecule has 0 N–H and O–H groups in total. The zero-order valence-electron chi connectivity index (χ0n) is 11.6. The molecule has 0 fully saturated rings. The summed E-state index contributed by atoms with van der Waals surface area (Å²) in [5.74, 6) is -0.855. The van der Waals surface area contributed by atoms with Crippen LogP contribution in [0.4, 0.5) is 21.5 Å². The lowest BCUT2D eigenvalue weighted by Crippen LogP contribution is -1.91. The molecule has 0 spiro atoms. The Kier molecular flexibility index (Phi) is 5.01. The van der Waals surface area contributed by atoms with Crippen molar-refractivity contribution in [1.82, 2.24) is 4.98 Å². The minimum atomic E-state index is -0.855. The van der Waals surface area contributed by atoms with E-state index in [2.05, 4.69) is 20.0 Å². The van der Waals surface area contributed by atoms with Crippen LogP contribution in [0.2, 0.25) is 5.02 Å². The topological polar surface area (TPSA) is 141 Å². The Morgan fingerprint density at radius 2 is 2.21 bits per heavy atom. The van der Waals surface area contributed by atoms with Gasteiger partial charge < -0.3 is 0 Å². The predicted octanol–water partition coefficient (Wildman–Crippen LogP) is 4.35. The lowest BCUT2D eigenvalue weighted by atomic mass is 10.1. The molecule has 2 rings (SSSR count). The number of nitro groups is 1. The number of rotatable bonds is 4. The molecule has 0 aliphatic heterocycles. The fourth-order valence-electron chi connectivity index (χ4n) is 1.73. The van der Waals surface area contributed by atoms with Crippen LogP contribution in [0.25, 0.3) is 10.4 Å². The molecule has 1 aromatic heterocycles. The van der Waals surface area contributed by atoms with Gasteiger partial charge in [-0.2, -0.15) is 5.26 Å². The van der Waals surface area contributed by atoms with Gasteiger partial charge in [-0.15, -0.1) is 0 Å². The maximum Gasteiger partial charge on any atom is 0.272 e. The third-order valence-corrected chi connectivity index (χ3v) is 3.05. The molecule has 0 saturated heterocycles. The van der Waals surface area contributed by atoms with E-state index in [0.717, 1.165) is 24.5 Å². The third kappa shape index (κ3) is 3.44. The molecule has 0 aliphatic rings. The summed E-state index contributed by atoms with van der Waals surface area (Å²) >= 11 is 5.91. The summed E-state index contributed by atoms with van der Waals surface area (Å²) in [6, 6.07) is 3.79. The van der Waals surface area contributed by atoms with Gasteiger partial charge in [0.15, 0.2) is 5.82 Å². The van der Waals surface area contributed by atoms with Crippen LogP contribution in [0, 0.1) is 27.3 Å². The second kappa shape index (κ2) is 7.15. The Balaban J connectivity index is 2.55. The fraction of sp³-hybridized carbons (Fsp3) is 0. The van der Waals surface area contributed by atoms with Crippen LogP contribution in [-0.4, -0.2) is 16.1 Å². The zero-order chi connectivity index (χ0) is 17.7. The van der Waals surface area contributed by atoms with Gasteiger partial charge in [0.25, 0.3) is 5.69 Å². The highest BCUT2D eigenvalue weighted by Crippen LogP contribution is 2.33. The average molecular weight is 346 g/mol. The smallest absolute Gasteiger partial charge is 0.261 e. The monoisotopic (exact) mass is 345 g/mol. The number of non-ortho nitro benzene ring substituents is 1. The summed E-state index contributed by atoms with van der Waals surface area (Å²) in [6.07, 6.45) is 3.15. The van der Waals surface area contributed by atoms with E-state index < -0.39 is 10.7 Å². The number of hydrogen-bond acceptors (Lipinski definition) is 6. The minimum absolute atomic E-state index is 0.0408. The molecule has 1 heterocycles. The van der Waals surface area contributed by atoms with Crippen molar-refractivity contribution in [3.8, 4) is 6.07 Å². The first-order valence-corrected chi connectivity index (χ1v) is 6.46. The van der Waals surface area contributed by atoms with E-state index in [1.807, 2.05) is 0 Å². The number of nitro benzene ring substituents is 1. The first-order chi connectivity index (χ1) is 11.5. The Morgan fingerprint density at radius 3 is 2.83 bits per heavy atom. The molecule has 9 nitrogen and oxygen atoms in total. The van der Waals surface area contributed by atoms with Crippen molar-refractivity contribution in [1.29, 1.82) is 5.26 Å². The van der Waals surface area contributed by atoms with Crippen molar-refractivity contribution >= 4 is 34.9 Å². The molecule has 0 atom stereocenters. The highest BCUT2D eigenvalue weighted by atomic mass is 35.5. The number of benzene rings is 1. The Hall–Kier alpha value is -3.54. The number of azide groups is 1. The molecular formula is C13H5ClFN7O2. The molecule has 0 unspecified atom stereocenters. The normalized spacial score (nSPS) is 10.2. The molecule has 0 saturated carbocycles. The summed E-state index contributed by atoms with van der Waals surface area (Å²) in [5.41, 5.74) is 7.64. The van der Waals surface area contributed by atoms with Crippen molar-refractivity contribution < 1.29 is 9.31 Å². The molecule has 0 radical (unpaired) electrons. The Morgan fingerprint density at radius 1 is 1.46 bits per heavy atom. The number of nitrogens with zero attached hydrogens (tertiary/aromatic N) is 7. The van der Waals surface area contributed by atoms with Crippen LogP contribution in [0.3, 0.4) is 0 Å². The van der Waals surface area contributed by atoms with Gasteiger partial charge in [0, 0.05) is 35.0 Å². The van der Waals surface area contributed by atoms with E-state index in [1.165, 1.54) is 6.20 Å². The van der Waals surface area contributed by atoms with Crippen molar-refractivity contribution in [3.63, 3.8) is 0 Å². The highest BCUT2D eigenvalue weighted by Gasteiger charge is 2.15. The van der Waals surface area contributed by atoms with E-state index in [9.17, 15) is 14.5 Å². The van der Waals surface area contributed by atoms with Crippen LogP contribution >= 0.6 is 11.6 Å². The number of hydrogen-bond donors (Lipinski definition) is 0. The number of nitriles is 1. The molecule has 0 amide bonds. The summed E-state index contributed by atoms with van der Waals surface area (Å²) in [5, 5.41) is 22.9. The molecule has 0 bridgehead atoms. The van der Waals surface area contributed by atoms with Crippen LogP contribution in [0.15, 0.2) is 34.6 Å². The van der Waals surface area contributed by atoms with E-state index in [0.29, 0.717) is 0 Å². The summed E-state index contributed by atoms with van der Waals surface area (Å²) in [7, 11) is 0. The lowest BCUT2D eigenvalue weighted by molar-refractivity contribution is -0.384.